The highest BCUT2D eigenvalue weighted by Gasteiger charge is 1.95. The Morgan fingerprint density at radius 3 is 3.17 bits per heavy atom. The molecule has 62 valence electrons. The van der Waals surface area contributed by atoms with Crippen LogP contribution in [0.1, 0.15) is 5.69 Å². The molecule has 12 heavy (non-hydrogen) atoms. The third-order valence-corrected chi connectivity index (χ3v) is 2.18. The largest absolute Gasteiger partial charge is 0.396 e. The second-order valence-corrected chi connectivity index (χ2v) is 3.23. The average molecular weight is 180 g/mol. The number of aliphatic hydroxyl groups excluding tert-OH is 1. The average Bonchev–Trinajstić information content (AvgIpc) is 2.15. The standard InChI is InChI=1S/C8H8N2OS/c9-6-7-5-8(1-2-10-7)12-4-3-11/h1-2,5,11H,3-4H2. The van der Waals surface area contributed by atoms with Crippen LogP contribution in [0.5, 0.6) is 0 Å². The van der Waals surface area contributed by atoms with Gasteiger partial charge in [0.2, 0.25) is 0 Å². The van der Waals surface area contributed by atoms with Crippen LogP contribution in [0.4, 0.5) is 0 Å². The Bertz CT molecular complexity index is 295. The summed E-state index contributed by atoms with van der Waals surface area (Å²) >= 11 is 1.51. The van der Waals surface area contributed by atoms with Crippen LogP contribution in [0.25, 0.3) is 0 Å². The fourth-order valence-electron chi connectivity index (χ4n) is 0.726. The molecule has 3 nitrogen and oxygen atoms in total. The van der Waals surface area contributed by atoms with Crippen molar-refractivity contribution in [1.82, 2.24) is 4.98 Å². The number of rotatable bonds is 3. The topological polar surface area (TPSA) is 56.9 Å². The quantitative estimate of drug-likeness (QED) is 0.706. The minimum atomic E-state index is 0.148. The van der Waals surface area contributed by atoms with Gasteiger partial charge in [0.1, 0.15) is 11.8 Å². The van der Waals surface area contributed by atoms with Gasteiger partial charge in [-0.2, -0.15) is 5.26 Å². The lowest BCUT2D eigenvalue weighted by Crippen LogP contribution is -1.87. The fraction of sp³-hybridized carbons (Fsp3) is 0.250. The van der Waals surface area contributed by atoms with Gasteiger partial charge in [-0.05, 0) is 12.1 Å². The predicted molar refractivity (Wildman–Crippen MR) is 46.8 cm³/mol. The first-order valence-electron chi connectivity index (χ1n) is 3.46. The summed E-state index contributed by atoms with van der Waals surface area (Å²) in [5.74, 6) is 0.648. The van der Waals surface area contributed by atoms with E-state index in [2.05, 4.69) is 4.98 Å². The highest BCUT2D eigenvalue weighted by atomic mass is 32.2. The summed E-state index contributed by atoms with van der Waals surface area (Å²) in [6, 6.07) is 5.49. The highest BCUT2D eigenvalue weighted by molar-refractivity contribution is 7.99. The summed E-state index contributed by atoms with van der Waals surface area (Å²) in [5, 5.41) is 17.1. The molecule has 1 aromatic rings. The SMILES string of the molecule is N#Cc1cc(SCCO)ccn1. The number of hydrogen-bond donors (Lipinski definition) is 1. The molecule has 0 radical (unpaired) electrons. The Kier molecular flexibility index (Phi) is 3.58. The fourth-order valence-corrected chi connectivity index (χ4v) is 1.40. The first kappa shape index (κ1) is 9.04. The smallest absolute Gasteiger partial charge is 0.141 e. The van der Waals surface area contributed by atoms with Crippen LogP contribution in [-0.2, 0) is 0 Å². The normalized spacial score (nSPS) is 9.33. The molecule has 0 atom stereocenters. The number of pyridine rings is 1. The molecule has 0 saturated carbocycles. The van der Waals surface area contributed by atoms with Crippen molar-refractivity contribution in [1.29, 1.82) is 5.26 Å². The van der Waals surface area contributed by atoms with Crippen LogP contribution in [-0.4, -0.2) is 22.5 Å². The van der Waals surface area contributed by atoms with Crippen LogP contribution < -0.4 is 0 Å². The Hall–Kier alpha value is -1.05. The van der Waals surface area contributed by atoms with Crippen LogP contribution in [0, 0.1) is 11.3 Å². The van der Waals surface area contributed by atoms with Crippen LogP contribution in [0.2, 0.25) is 0 Å². The molecule has 0 unspecified atom stereocenters. The molecule has 0 aliphatic heterocycles. The zero-order valence-corrected chi connectivity index (χ0v) is 7.21. The van der Waals surface area contributed by atoms with Crippen molar-refractivity contribution in [3.63, 3.8) is 0 Å². The molecule has 0 fully saturated rings. The first-order valence-corrected chi connectivity index (χ1v) is 4.45. The van der Waals surface area contributed by atoms with E-state index in [4.69, 9.17) is 10.4 Å². The molecule has 1 rings (SSSR count). The van der Waals surface area contributed by atoms with Crippen molar-refractivity contribution in [2.24, 2.45) is 0 Å². The molecular formula is C8H8N2OS. The van der Waals surface area contributed by atoms with E-state index in [1.165, 1.54) is 11.8 Å². The molecule has 0 amide bonds. The number of nitriles is 1. The third kappa shape index (κ3) is 2.53. The first-order chi connectivity index (χ1) is 5.86. The molecular weight excluding hydrogens is 172 g/mol. The maximum Gasteiger partial charge on any atom is 0.141 e. The lowest BCUT2D eigenvalue weighted by atomic mass is 10.4. The second kappa shape index (κ2) is 4.75. The maximum absolute atomic E-state index is 8.55. The van der Waals surface area contributed by atoms with E-state index in [1.807, 2.05) is 12.1 Å². The molecule has 0 spiro atoms. The summed E-state index contributed by atoms with van der Waals surface area (Å²) < 4.78 is 0. The second-order valence-electron chi connectivity index (χ2n) is 2.06. The summed E-state index contributed by atoms with van der Waals surface area (Å²) in [7, 11) is 0. The number of aromatic nitrogens is 1. The van der Waals surface area contributed by atoms with Gasteiger partial charge in [0, 0.05) is 16.8 Å². The summed E-state index contributed by atoms with van der Waals surface area (Å²) in [4.78, 5) is 4.80. The Labute approximate surface area is 75.1 Å². The lowest BCUT2D eigenvalue weighted by molar-refractivity contribution is 0.322. The Morgan fingerprint density at radius 2 is 2.50 bits per heavy atom. The predicted octanol–water partition coefficient (Wildman–Crippen LogP) is 1.04. The monoisotopic (exact) mass is 180 g/mol. The Balaban J connectivity index is 2.68. The van der Waals surface area contributed by atoms with E-state index < -0.39 is 0 Å². The number of hydrogen-bond acceptors (Lipinski definition) is 4. The zero-order chi connectivity index (χ0) is 8.81. The van der Waals surface area contributed by atoms with Gasteiger partial charge < -0.3 is 5.11 Å². The van der Waals surface area contributed by atoms with E-state index >= 15 is 0 Å². The lowest BCUT2D eigenvalue weighted by Gasteiger charge is -1.97. The molecule has 0 bridgehead atoms. The van der Waals surface area contributed by atoms with E-state index in [9.17, 15) is 0 Å². The highest BCUT2D eigenvalue weighted by Crippen LogP contribution is 2.16. The van der Waals surface area contributed by atoms with Crippen molar-refractivity contribution in [2.75, 3.05) is 12.4 Å². The van der Waals surface area contributed by atoms with Gasteiger partial charge in [-0.3, -0.25) is 0 Å². The van der Waals surface area contributed by atoms with E-state index in [0.717, 1.165) is 4.90 Å². The van der Waals surface area contributed by atoms with Crippen LogP contribution in [0.3, 0.4) is 0 Å². The summed E-state index contributed by atoms with van der Waals surface area (Å²) in [6.07, 6.45) is 1.60. The molecule has 0 aromatic carbocycles. The van der Waals surface area contributed by atoms with Crippen molar-refractivity contribution < 1.29 is 5.11 Å². The molecule has 0 aliphatic carbocycles. The van der Waals surface area contributed by atoms with Gasteiger partial charge in [-0.15, -0.1) is 11.8 Å². The van der Waals surface area contributed by atoms with Gasteiger partial charge in [0.15, 0.2) is 0 Å². The van der Waals surface area contributed by atoms with Crippen LogP contribution >= 0.6 is 11.8 Å². The number of thioether (sulfide) groups is 1. The minimum Gasteiger partial charge on any atom is -0.396 e. The molecule has 0 aliphatic rings. The molecule has 1 N–H and O–H groups in total. The van der Waals surface area contributed by atoms with E-state index in [0.29, 0.717) is 11.4 Å². The maximum atomic E-state index is 8.55. The molecule has 1 heterocycles. The number of nitrogens with zero attached hydrogens (tertiary/aromatic N) is 2. The molecule has 0 saturated heterocycles. The van der Waals surface area contributed by atoms with Crippen molar-refractivity contribution in [2.45, 2.75) is 4.90 Å². The Morgan fingerprint density at radius 1 is 1.67 bits per heavy atom. The van der Waals surface area contributed by atoms with Gasteiger partial charge in [0.25, 0.3) is 0 Å². The van der Waals surface area contributed by atoms with Crippen LogP contribution in [0.15, 0.2) is 23.2 Å². The third-order valence-electron chi connectivity index (χ3n) is 1.21. The summed E-state index contributed by atoms with van der Waals surface area (Å²) in [5.41, 5.74) is 0.415. The zero-order valence-electron chi connectivity index (χ0n) is 6.40. The van der Waals surface area contributed by atoms with Gasteiger partial charge in [-0.1, -0.05) is 0 Å². The minimum absolute atomic E-state index is 0.148. The van der Waals surface area contributed by atoms with Crippen molar-refractivity contribution in [3.8, 4) is 6.07 Å². The van der Waals surface area contributed by atoms with Gasteiger partial charge in [0.05, 0.1) is 6.61 Å². The van der Waals surface area contributed by atoms with Gasteiger partial charge >= 0.3 is 0 Å². The number of aliphatic hydroxyl groups is 1. The van der Waals surface area contributed by atoms with E-state index in [1.54, 1.807) is 12.3 Å². The van der Waals surface area contributed by atoms with Crippen molar-refractivity contribution in [3.05, 3.63) is 24.0 Å². The van der Waals surface area contributed by atoms with Crippen molar-refractivity contribution >= 4 is 11.8 Å². The van der Waals surface area contributed by atoms with Gasteiger partial charge in [-0.25, -0.2) is 4.98 Å². The van der Waals surface area contributed by atoms with E-state index in [-0.39, 0.29) is 6.61 Å². The summed E-state index contributed by atoms with van der Waals surface area (Å²) in [6.45, 7) is 0.148. The molecule has 1 aromatic heterocycles. The molecule has 4 heteroatoms.